The van der Waals surface area contributed by atoms with E-state index in [4.69, 9.17) is 13.9 Å². The fraction of sp³-hybridized carbons (Fsp3) is 0.458. The highest BCUT2D eigenvalue weighted by Crippen LogP contribution is 2.42. The lowest BCUT2D eigenvalue weighted by molar-refractivity contribution is 0.102. The number of nitrogens with one attached hydrogen (secondary N) is 1. The largest absolute Gasteiger partial charge is 0.487 e. The Morgan fingerprint density at radius 1 is 1.18 bits per heavy atom. The number of anilines is 2. The number of benzene rings is 1. The molecule has 0 spiro atoms. The van der Waals surface area contributed by atoms with E-state index in [0.717, 1.165) is 47.9 Å². The fourth-order valence-electron chi connectivity index (χ4n) is 4.00. The summed E-state index contributed by atoms with van der Waals surface area (Å²) in [6, 6.07) is 4.32. The van der Waals surface area contributed by atoms with Crippen molar-refractivity contribution in [1.29, 1.82) is 0 Å². The molecule has 1 aromatic carbocycles. The summed E-state index contributed by atoms with van der Waals surface area (Å²) in [5.41, 5.74) is 3.50. The van der Waals surface area contributed by atoms with Gasteiger partial charge in [-0.1, -0.05) is 13.8 Å². The Morgan fingerprint density at radius 3 is 2.64 bits per heavy atom. The summed E-state index contributed by atoms with van der Waals surface area (Å²) in [7, 11) is 0. The smallest absolute Gasteiger partial charge is 0.307 e. The predicted octanol–water partition coefficient (Wildman–Crippen LogP) is 4.00. The minimum absolute atomic E-state index is 0.200. The van der Waals surface area contributed by atoms with E-state index >= 15 is 0 Å². The maximum absolute atomic E-state index is 13.0. The summed E-state index contributed by atoms with van der Waals surface area (Å²) in [6.07, 6.45) is 5.52. The number of nitrogens with zero attached hydrogens (tertiary/aromatic N) is 4. The molecule has 0 saturated carbocycles. The van der Waals surface area contributed by atoms with E-state index in [0.29, 0.717) is 19.2 Å². The van der Waals surface area contributed by atoms with Gasteiger partial charge in [-0.2, -0.15) is 4.98 Å². The molecule has 176 valence electrons. The summed E-state index contributed by atoms with van der Waals surface area (Å²) < 4.78 is 18.7. The highest BCUT2D eigenvalue weighted by Gasteiger charge is 2.32. The molecule has 1 saturated heterocycles. The zero-order valence-electron chi connectivity index (χ0n) is 19.8. The van der Waals surface area contributed by atoms with Gasteiger partial charge in [0.2, 0.25) is 0 Å². The topological polar surface area (TPSA) is 94.7 Å². The summed E-state index contributed by atoms with van der Waals surface area (Å²) in [6.45, 7) is 12.8. The first-order valence-corrected chi connectivity index (χ1v) is 11.3. The molecule has 33 heavy (non-hydrogen) atoms. The maximum Gasteiger partial charge on any atom is 0.307 e. The van der Waals surface area contributed by atoms with Crippen molar-refractivity contribution in [3.8, 4) is 11.8 Å². The molecule has 9 heteroatoms. The Balaban J connectivity index is 0.00000126. The van der Waals surface area contributed by atoms with Crippen LogP contribution >= 0.6 is 0 Å². The van der Waals surface area contributed by atoms with Crippen molar-refractivity contribution in [2.75, 3.05) is 36.5 Å². The average Bonchev–Trinajstić information content (AvgIpc) is 3.52. The van der Waals surface area contributed by atoms with E-state index in [9.17, 15) is 4.79 Å². The summed E-state index contributed by atoms with van der Waals surface area (Å²) in [5.74, 6) is 0.531. The van der Waals surface area contributed by atoms with Crippen molar-refractivity contribution in [2.45, 2.75) is 46.6 Å². The number of aryl methyl sites for hydroxylation is 1. The lowest BCUT2D eigenvalue weighted by atomic mass is 10.0. The average molecular weight is 454 g/mol. The maximum atomic E-state index is 13.0. The van der Waals surface area contributed by atoms with Crippen LogP contribution in [0.4, 0.5) is 11.4 Å². The SMILES string of the molecule is CC.Cc1cn(-c2nc(C(=O)Nc3cc4c(cc3N3CCOCC3)OC(C)(C)C4)co2)cn1. The zero-order chi connectivity index (χ0) is 23.6. The number of hydrogen-bond donors (Lipinski definition) is 1. The van der Waals surface area contributed by atoms with Gasteiger partial charge in [0.25, 0.3) is 5.91 Å². The van der Waals surface area contributed by atoms with Crippen LogP contribution in [0.15, 0.2) is 35.3 Å². The quantitative estimate of drug-likeness (QED) is 0.638. The van der Waals surface area contributed by atoms with E-state index in [-0.39, 0.29) is 17.2 Å². The molecule has 2 aliphatic heterocycles. The van der Waals surface area contributed by atoms with Gasteiger partial charge in [0, 0.05) is 37.3 Å². The molecule has 0 atom stereocenters. The van der Waals surface area contributed by atoms with Crippen LogP contribution in [0.2, 0.25) is 0 Å². The van der Waals surface area contributed by atoms with Gasteiger partial charge in [-0.05, 0) is 26.8 Å². The molecule has 5 rings (SSSR count). The second-order valence-electron chi connectivity index (χ2n) is 8.51. The molecule has 4 heterocycles. The monoisotopic (exact) mass is 453 g/mol. The van der Waals surface area contributed by atoms with Gasteiger partial charge in [0.15, 0.2) is 5.69 Å². The number of carbonyl (C=O) groups is 1. The Morgan fingerprint density at radius 2 is 1.94 bits per heavy atom. The van der Waals surface area contributed by atoms with Crippen molar-refractivity contribution in [2.24, 2.45) is 0 Å². The van der Waals surface area contributed by atoms with Crippen molar-refractivity contribution in [1.82, 2.24) is 14.5 Å². The molecular weight excluding hydrogens is 422 g/mol. The van der Waals surface area contributed by atoms with Crippen LogP contribution < -0.4 is 15.0 Å². The van der Waals surface area contributed by atoms with Crippen molar-refractivity contribution in [3.63, 3.8) is 0 Å². The minimum Gasteiger partial charge on any atom is -0.487 e. The molecule has 1 fully saturated rings. The van der Waals surface area contributed by atoms with Gasteiger partial charge in [0.05, 0.1) is 30.3 Å². The first-order valence-electron chi connectivity index (χ1n) is 11.3. The van der Waals surface area contributed by atoms with Crippen LogP contribution in [-0.4, -0.2) is 52.3 Å². The number of fused-ring (bicyclic) bond motifs is 1. The predicted molar refractivity (Wildman–Crippen MR) is 126 cm³/mol. The number of aromatic nitrogens is 3. The second-order valence-corrected chi connectivity index (χ2v) is 8.51. The summed E-state index contributed by atoms with van der Waals surface area (Å²) >= 11 is 0. The Kier molecular flexibility index (Phi) is 6.42. The van der Waals surface area contributed by atoms with Crippen molar-refractivity contribution in [3.05, 3.63) is 47.9 Å². The third kappa shape index (κ3) is 4.88. The van der Waals surface area contributed by atoms with Gasteiger partial charge in [-0.15, -0.1) is 0 Å². The number of amides is 1. The molecule has 1 amide bonds. The van der Waals surface area contributed by atoms with Crippen LogP contribution in [0.1, 0.15) is 49.4 Å². The van der Waals surface area contributed by atoms with Crippen LogP contribution in [-0.2, 0) is 11.2 Å². The van der Waals surface area contributed by atoms with Crippen molar-refractivity contribution >= 4 is 17.3 Å². The van der Waals surface area contributed by atoms with Crippen LogP contribution in [0.25, 0.3) is 6.01 Å². The third-order valence-corrected chi connectivity index (χ3v) is 5.44. The Bertz CT molecular complexity index is 1130. The molecule has 2 aromatic heterocycles. The van der Waals surface area contributed by atoms with Gasteiger partial charge >= 0.3 is 6.01 Å². The van der Waals surface area contributed by atoms with E-state index in [2.05, 4.69) is 34.0 Å². The molecule has 2 aliphatic rings. The molecule has 0 unspecified atom stereocenters. The summed E-state index contributed by atoms with van der Waals surface area (Å²) in [5, 5.41) is 3.03. The first-order chi connectivity index (χ1) is 15.9. The Hall–Kier alpha value is -3.33. The minimum atomic E-state index is -0.334. The number of imidazole rings is 1. The molecule has 0 radical (unpaired) electrons. The fourth-order valence-corrected chi connectivity index (χ4v) is 4.00. The van der Waals surface area contributed by atoms with Gasteiger partial charge in [-0.25, -0.2) is 4.98 Å². The molecule has 0 aliphatic carbocycles. The number of morpholine rings is 1. The standard InChI is InChI=1S/C22H25N5O4.C2H6/c1-14-11-27(13-23-14)21-25-17(12-30-21)20(28)24-16-8-15-10-22(2,3)31-19(15)9-18(16)26-4-6-29-7-5-26;1-2/h8-9,11-13H,4-7,10H2,1-3H3,(H,24,28);1-2H3. The second kappa shape index (κ2) is 9.27. The molecule has 9 nitrogen and oxygen atoms in total. The van der Waals surface area contributed by atoms with E-state index in [1.54, 1.807) is 17.1 Å². The number of hydrogen-bond acceptors (Lipinski definition) is 7. The van der Waals surface area contributed by atoms with Crippen LogP contribution in [0.5, 0.6) is 5.75 Å². The Labute approximate surface area is 193 Å². The van der Waals surface area contributed by atoms with E-state index in [1.165, 1.54) is 6.26 Å². The molecule has 3 aromatic rings. The lowest BCUT2D eigenvalue weighted by Gasteiger charge is -2.31. The number of carbonyl (C=O) groups excluding carboxylic acids is 1. The van der Waals surface area contributed by atoms with Gasteiger partial charge in [-0.3, -0.25) is 9.36 Å². The molecule has 1 N–H and O–H groups in total. The van der Waals surface area contributed by atoms with Crippen LogP contribution in [0.3, 0.4) is 0 Å². The lowest BCUT2D eigenvalue weighted by Crippen LogP contribution is -2.36. The van der Waals surface area contributed by atoms with Gasteiger partial charge < -0.3 is 24.1 Å². The first kappa shape index (κ1) is 22.8. The van der Waals surface area contributed by atoms with E-state index in [1.807, 2.05) is 32.9 Å². The van der Waals surface area contributed by atoms with E-state index < -0.39 is 0 Å². The highest BCUT2D eigenvalue weighted by atomic mass is 16.5. The van der Waals surface area contributed by atoms with Crippen LogP contribution in [0, 0.1) is 6.92 Å². The third-order valence-electron chi connectivity index (χ3n) is 5.44. The number of rotatable bonds is 4. The number of ether oxygens (including phenoxy) is 2. The van der Waals surface area contributed by atoms with Crippen molar-refractivity contribution < 1.29 is 18.7 Å². The molecule has 0 bridgehead atoms. The number of oxazole rings is 1. The van der Waals surface area contributed by atoms with Gasteiger partial charge in [0.1, 0.15) is 23.9 Å². The normalized spacial score (nSPS) is 16.5. The highest BCUT2D eigenvalue weighted by molar-refractivity contribution is 6.05. The zero-order valence-corrected chi connectivity index (χ0v) is 19.8. The molecular formula is C24H31N5O4. The summed E-state index contributed by atoms with van der Waals surface area (Å²) in [4.78, 5) is 23.7.